The summed E-state index contributed by atoms with van der Waals surface area (Å²) in [6.45, 7) is 2.17. The van der Waals surface area contributed by atoms with E-state index in [1.165, 1.54) is 9.88 Å². The molecule has 0 aliphatic rings. The Hall–Kier alpha value is -0.540. The lowest BCUT2D eigenvalue weighted by Crippen LogP contribution is -2.08. The first kappa shape index (κ1) is 10.5. The summed E-state index contributed by atoms with van der Waals surface area (Å²) in [4.78, 5) is 3.41. The van der Waals surface area contributed by atoms with Crippen LogP contribution < -0.4 is 10.6 Å². The zero-order valence-electron chi connectivity index (χ0n) is 8.58. The Bertz CT molecular complexity index is 255. The van der Waals surface area contributed by atoms with E-state index >= 15 is 0 Å². The monoisotopic (exact) mass is 198 g/mol. The average Bonchev–Trinajstić information content (AvgIpc) is 2.52. The van der Waals surface area contributed by atoms with E-state index in [1.807, 2.05) is 0 Å². The Labute approximate surface area is 84.4 Å². The SMILES string of the molecule is CCC[C@@H](N)c1ccc(N(C)C)s1. The van der Waals surface area contributed by atoms with Crippen LogP contribution in [0.2, 0.25) is 0 Å². The molecule has 2 N–H and O–H groups in total. The Morgan fingerprint density at radius 2 is 2.15 bits per heavy atom. The van der Waals surface area contributed by atoms with Crippen LogP contribution in [-0.2, 0) is 0 Å². The average molecular weight is 198 g/mol. The van der Waals surface area contributed by atoms with Crippen molar-refractivity contribution < 1.29 is 0 Å². The molecule has 0 unspecified atom stereocenters. The quantitative estimate of drug-likeness (QED) is 0.806. The molecule has 3 heteroatoms. The highest BCUT2D eigenvalue weighted by Gasteiger charge is 2.08. The van der Waals surface area contributed by atoms with Crippen molar-refractivity contribution in [3.63, 3.8) is 0 Å². The first-order valence-electron chi connectivity index (χ1n) is 4.67. The second-order valence-corrected chi connectivity index (χ2v) is 4.56. The van der Waals surface area contributed by atoms with Crippen molar-refractivity contribution in [2.75, 3.05) is 19.0 Å². The van der Waals surface area contributed by atoms with E-state index in [-0.39, 0.29) is 6.04 Å². The molecule has 0 amide bonds. The zero-order chi connectivity index (χ0) is 9.84. The van der Waals surface area contributed by atoms with Gasteiger partial charge in [-0.3, -0.25) is 0 Å². The molecule has 0 spiro atoms. The molecule has 0 saturated heterocycles. The summed E-state index contributed by atoms with van der Waals surface area (Å²) in [5, 5.41) is 1.28. The van der Waals surface area contributed by atoms with Gasteiger partial charge in [0.15, 0.2) is 0 Å². The van der Waals surface area contributed by atoms with E-state index in [9.17, 15) is 0 Å². The third-order valence-electron chi connectivity index (χ3n) is 2.02. The Morgan fingerprint density at radius 3 is 2.62 bits per heavy atom. The third kappa shape index (κ3) is 2.71. The lowest BCUT2D eigenvalue weighted by molar-refractivity contribution is 0.648. The van der Waals surface area contributed by atoms with E-state index < -0.39 is 0 Å². The van der Waals surface area contributed by atoms with E-state index in [4.69, 9.17) is 5.73 Å². The van der Waals surface area contributed by atoms with Gasteiger partial charge in [-0.25, -0.2) is 0 Å². The molecule has 74 valence electrons. The molecule has 1 aromatic heterocycles. The van der Waals surface area contributed by atoms with Crippen LogP contribution in [0.4, 0.5) is 5.00 Å². The predicted molar refractivity (Wildman–Crippen MR) is 60.5 cm³/mol. The molecule has 2 nitrogen and oxygen atoms in total. The molecule has 1 atom stereocenters. The number of thiophene rings is 1. The zero-order valence-corrected chi connectivity index (χ0v) is 9.40. The third-order valence-corrected chi connectivity index (χ3v) is 3.40. The van der Waals surface area contributed by atoms with Crippen molar-refractivity contribution >= 4 is 16.3 Å². The maximum Gasteiger partial charge on any atom is 0.0906 e. The highest BCUT2D eigenvalue weighted by atomic mass is 32.1. The van der Waals surface area contributed by atoms with Crippen molar-refractivity contribution in [3.05, 3.63) is 17.0 Å². The van der Waals surface area contributed by atoms with Gasteiger partial charge >= 0.3 is 0 Å². The van der Waals surface area contributed by atoms with Crippen molar-refractivity contribution in [2.24, 2.45) is 5.73 Å². The minimum atomic E-state index is 0.226. The largest absolute Gasteiger partial charge is 0.370 e. The molecule has 0 bridgehead atoms. The second-order valence-electron chi connectivity index (χ2n) is 3.47. The van der Waals surface area contributed by atoms with Crippen LogP contribution in [0.1, 0.15) is 30.7 Å². The first-order chi connectivity index (χ1) is 6.15. The molecule has 0 saturated carbocycles. The normalized spacial score (nSPS) is 12.9. The number of anilines is 1. The van der Waals surface area contributed by atoms with Gasteiger partial charge in [0.2, 0.25) is 0 Å². The van der Waals surface area contributed by atoms with Crippen molar-refractivity contribution in [3.8, 4) is 0 Å². The van der Waals surface area contributed by atoms with Gasteiger partial charge < -0.3 is 10.6 Å². The molecule has 13 heavy (non-hydrogen) atoms. The lowest BCUT2D eigenvalue weighted by Gasteiger charge is -2.09. The standard InChI is InChI=1S/C10H18N2S/c1-4-5-8(11)9-6-7-10(13-9)12(2)3/h6-8H,4-5,11H2,1-3H3/t8-/m1/s1. The lowest BCUT2D eigenvalue weighted by atomic mass is 10.1. The molecule has 1 rings (SSSR count). The van der Waals surface area contributed by atoms with Crippen LogP contribution >= 0.6 is 11.3 Å². The molecular formula is C10H18N2S. The van der Waals surface area contributed by atoms with Crippen LogP contribution in [0, 0.1) is 0 Å². The number of hydrogen-bond donors (Lipinski definition) is 1. The predicted octanol–water partition coefficient (Wildman–Crippen LogP) is 2.61. The van der Waals surface area contributed by atoms with Crippen molar-refractivity contribution in [1.82, 2.24) is 0 Å². The summed E-state index contributed by atoms with van der Waals surface area (Å²) < 4.78 is 0. The smallest absolute Gasteiger partial charge is 0.0906 e. The van der Waals surface area contributed by atoms with Gasteiger partial charge in [0.1, 0.15) is 0 Å². The number of hydrogen-bond acceptors (Lipinski definition) is 3. The summed E-state index contributed by atoms with van der Waals surface area (Å²) in [6, 6.07) is 4.50. The number of rotatable bonds is 4. The van der Waals surface area contributed by atoms with Gasteiger partial charge in [-0.15, -0.1) is 11.3 Å². The molecule has 0 aliphatic heterocycles. The van der Waals surface area contributed by atoms with E-state index in [0.717, 1.165) is 12.8 Å². The van der Waals surface area contributed by atoms with Gasteiger partial charge in [-0.1, -0.05) is 13.3 Å². The summed E-state index contributed by atoms with van der Waals surface area (Å²) in [7, 11) is 4.11. The summed E-state index contributed by atoms with van der Waals surface area (Å²) in [5.41, 5.74) is 6.01. The fourth-order valence-corrected chi connectivity index (χ4v) is 2.20. The first-order valence-corrected chi connectivity index (χ1v) is 5.49. The molecule has 1 aromatic rings. The fraction of sp³-hybridized carbons (Fsp3) is 0.600. The molecule has 0 aliphatic carbocycles. The molecule has 0 fully saturated rings. The highest BCUT2D eigenvalue weighted by molar-refractivity contribution is 7.16. The van der Waals surface area contributed by atoms with Gasteiger partial charge in [0.05, 0.1) is 5.00 Å². The van der Waals surface area contributed by atoms with Crippen molar-refractivity contribution in [1.29, 1.82) is 0 Å². The van der Waals surface area contributed by atoms with Gasteiger partial charge in [-0.05, 0) is 18.6 Å². The van der Waals surface area contributed by atoms with Crippen molar-refractivity contribution in [2.45, 2.75) is 25.8 Å². The minimum Gasteiger partial charge on any atom is -0.370 e. The van der Waals surface area contributed by atoms with E-state index in [0.29, 0.717) is 0 Å². The van der Waals surface area contributed by atoms with Gasteiger partial charge in [0, 0.05) is 25.0 Å². The molecule has 0 aromatic carbocycles. The van der Waals surface area contributed by atoms with Crippen LogP contribution in [-0.4, -0.2) is 14.1 Å². The fourth-order valence-electron chi connectivity index (χ4n) is 1.24. The van der Waals surface area contributed by atoms with Crippen LogP contribution in [0.25, 0.3) is 0 Å². The van der Waals surface area contributed by atoms with E-state index in [2.05, 4.69) is 38.1 Å². The molecule has 0 radical (unpaired) electrons. The van der Waals surface area contributed by atoms with Gasteiger partial charge in [0.25, 0.3) is 0 Å². The second kappa shape index (κ2) is 4.63. The number of nitrogens with two attached hydrogens (primary N) is 1. The van der Waals surface area contributed by atoms with Crippen LogP contribution in [0.5, 0.6) is 0 Å². The molecular weight excluding hydrogens is 180 g/mol. The van der Waals surface area contributed by atoms with Crippen LogP contribution in [0.3, 0.4) is 0 Å². The summed E-state index contributed by atoms with van der Waals surface area (Å²) >= 11 is 1.79. The maximum atomic E-state index is 6.01. The Kier molecular flexibility index (Phi) is 3.75. The topological polar surface area (TPSA) is 29.3 Å². The highest BCUT2D eigenvalue weighted by Crippen LogP contribution is 2.29. The number of nitrogens with zero attached hydrogens (tertiary/aromatic N) is 1. The summed E-state index contributed by atoms with van der Waals surface area (Å²) in [6.07, 6.45) is 2.23. The van der Waals surface area contributed by atoms with Crippen LogP contribution in [0.15, 0.2) is 12.1 Å². The maximum absolute atomic E-state index is 6.01. The molecule has 1 heterocycles. The Balaban J connectivity index is 2.67. The summed E-state index contributed by atoms with van der Waals surface area (Å²) in [5.74, 6) is 0. The Morgan fingerprint density at radius 1 is 1.46 bits per heavy atom. The van der Waals surface area contributed by atoms with E-state index in [1.54, 1.807) is 11.3 Å². The minimum absolute atomic E-state index is 0.226. The van der Waals surface area contributed by atoms with Gasteiger partial charge in [-0.2, -0.15) is 0 Å².